The van der Waals surface area contributed by atoms with Crippen LogP contribution in [0.1, 0.15) is 6.92 Å². The summed E-state index contributed by atoms with van der Waals surface area (Å²) in [6.07, 6.45) is 4.72. The van der Waals surface area contributed by atoms with Crippen LogP contribution in [-0.4, -0.2) is 6.18 Å². The summed E-state index contributed by atoms with van der Waals surface area (Å²) in [5.41, 5.74) is 11.4. The minimum atomic E-state index is -4.51. The van der Waals surface area contributed by atoms with Crippen LogP contribution in [0, 0.1) is 5.92 Å². The van der Waals surface area contributed by atoms with Crippen molar-refractivity contribution in [1.82, 2.24) is 0 Å². The highest BCUT2D eigenvalue weighted by Crippen LogP contribution is 2.37. The van der Waals surface area contributed by atoms with Gasteiger partial charge in [-0.15, -0.1) is 0 Å². The van der Waals surface area contributed by atoms with Crippen LogP contribution in [0.4, 0.5) is 13.2 Å². The molecule has 2 nitrogen and oxygen atoms in total. The standard InChI is InChI=1S/C17H21F3N2/c1-5-13(9-11-15(22)7-3)16(17(18,19)20)12(4)8-10-14(21)6-2/h5-11,16H,1,3-4,21-22H2,2H3/b10-8-,13-9+,14-6+,15-11+. The van der Waals surface area contributed by atoms with Crippen LogP contribution < -0.4 is 11.5 Å². The third-order valence-corrected chi connectivity index (χ3v) is 2.79. The van der Waals surface area contributed by atoms with Gasteiger partial charge in [-0.25, -0.2) is 0 Å². The molecule has 120 valence electrons. The number of alkyl halides is 3. The van der Waals surface area contributed by atoms with E-state index in [1.54, 1.807) is 13.0 Å². The van der Waals surface area contributed by atoms with Gasteiger partial charge in [0.05, 0.1) is 0 Å². The van der Waals surface area contributed by atoms with Crippen LogP contribution in [0.15, 0.2) is 84.8 Å². The van der Waals surface area contributed by atoms with E-state index in [1.165, 1.54) is 30.4 Å². The highest BCUT2D eigenvalue weighted by atomic mass is 19.4. The van der Waals surface area contributed by atoms with E-state index >= 15 is 0 Å². The molecule has 1 atom stereocenters. The summed E-state index contributed by atoms with van der Waals surface area (Å²) in [7, 11) is 0. The topological polar surface area (TPSA) is 52.0 Å². The fraction of sp³-hybridized carbons (Fsp3) is 0.176. The van der Waals surface area contributed by atoms with Crippen molar-refractivity contribution in [3.63, 3.8) is 0 Å². The highest BCUT2D eigenvalue weighted by molar-refractivity contribution is 5.39. The van der Waals surface area contributed by atoms with Gasteiger partial charge in [0.15, 0.2) is 0 Å². The van der Waals surface area contributed by atoms with E-state index < -0.39 is 12.1 Å². The monoisotopic (exact) mass is 310 g/mol. The molecule has 0 rings (SSSR count). The predicted molar refractivity (Wildman–Crippen MR) is 86.5 cm³/mol. The predicted octanol–water partition coefficient (Wildman–Crippen LogP) is 4.28. The Morgan fingerprint density at radius 2 is 1.59 bits per heavy atom. The summed E-state index contributed by atoms with van der Waals surface area (Å²) in [5, 5.41) is 0. The lowest BCUT2D eigenvalue weighted by Gasteiger charge is -2.22. The fourth-order valence-corrected chi connectivity index (χ4v) is 1.55. The van der Waals surface area contributed by atoms with Gasteiger partial charge in [-0.05, 0) is 36.3 Å². The maximum atomic E-state index is 13.3. The van der Waals surface area contributed by atoms with Crippen molar-refractivity contribution in [3.8, 4) is 0 Å². The van der Waals surface area contributed by atoms with E-state index in [0.717, 1.165) is 6.08 Å². The summed E-state index contributed by atoms with van der Waals surface area (Å²) in [6, 6.07) is 0. The normalized spacial score (nSPS) is 15.7. The Morgan fingerprint density at radius 1 is 1.00 bits per heavy atom. The molecule has 0 aromatic rings. The Labute approximate surface area is 129 Å². The average molecular weight is 310 g/mol. The molecule has 0 amide bonds. The molecule has 0 aromatic heterocycles. The van der Waals surface area contributed by atoms with Gasteiger partial charge in [0.1, 0.15) is 5.92 Å². The molecule has 0 heterocycles. The molecule has 0 spiro atoms. The molecule has 0 bridgehead atoms. The van der Waals surface area contributed by atoms with Gasteiger partial charge < -0.3 is 11.5 Å². The maximum Gasteiger partial charge on any atom is 0.399 e. The number of nitrogens with two attached hydrogens (primary N) is 2. The molecule has 4 N–H and O–H groups in total. The minimum Gasteiger partial charge on any atom is -0.399 e. The molecule has 0 saturated heterocycles. The van der Waals surface area contributed by atoms with Crippen molar-refractivity contribution in [3.05, 3.63) is 84.8 Å². The first-order valence-corrected chi connectivity index (χ1v) is 6.45. The smallest absolute Gasteiger partial charge is 0.399 e. The van der Waals surface area contributed by atoms with Crippen LogP contribution in [0.2, 0.25) is 0 Å². The second kappa shape index (κ2) is 8.77. The lowest BCUT2D eigenvalue weighted by Crippen LogP contribution is -2.25. The van der Waals surface area contributed by atoms with E-state index in [-0.39, 0.29) is 16.8 Å². The van der Waals surface area contributed by atoms with Crippen molar-refractivity contribution >= 4 is 0 Å². The van der Waals surface area contributed by atoms with Crippen molar-refractivity contribution in [2.24, 2.45) is 17.4 Å². The first-order chi connectivity index (χ1) is 10.2. The van der Waals surface area contributed by atoms with Crippen LogP contribution >= 0.6 is 0 Å². The van der Waals surface area contributed by atoms with Gasteiger partial charge >= 0.3 is 6.18 Å². The minimum absolute atomic E-state index is 0.0639. The Hall–Kier alpha value is -2.43. The molecule has 22 heavy (non-hydrogen) atoms. The van der Waals surface area contributed by atoms with Crippen LogP contribution in [0.3, 0.4) is 0 Å². The van der Waals surface area contributed by atoms with Crippen molar-refractivity contribution < 1.29 is 13.2 Å². The molecule has 0 aromatic carbocycles. The van der Waals surface area contributed by atoms with E-state index in [2.05, 4.69) is 19.7 Å². The van der Waals surface area contributed by atoms with E-state index in [1.807, 2.05) is 0 Å². The van der Waals surface area contributed by atoms with Gasteiger partial charge in [0, 0.05) is 11.4 Å². The van der Waals surface area contributed by atoms with E-state index in [0.29, 0.717) is 5.70 Å². The number of allylic oxidation sites excluding steroid dienone is 9. The molecule has 0 saturated carbocycles. The molecule has 5 heteroatoms. The SMILES string of the molecule is C=C/C(N)=C\C=C(/C=C)C(C(=C)/C=C\C(N)=C/C)C(F)(F)F. The largest absolute Gasteiger partial charge is 0.399 e. The van der Waals surface area contributed by atoms with Crippen LogP contribution in [-0.2, 0) is 0 Å². The number of hydrogen-bond acceptors (Lipinski definition) is 2. The second-order valence-corrected chi connectivity index (χ2v) is 4.41. The molecule has 0 aliphatic heterocycles. The van der Waals surface area contributed by atoms with Gasteiger partial charge in [-0.1, -0.05) is 44.0 Å². The number of hydrogen-bond donors (Lipinski definition) is 2. The molecule has 0 radical (unpaired) electrons. The fourth-order valence-electron chi connectivity index (χ4n) is 1.55. The highest BCUT2D eigenvalue weighted by Gasteiger charge is 2.42. The quantitative estimate of drug-likeness (QED) is 0.690. The molecule has 0 aliphatic rings. The molecule has 0 aliphatic carbocycles. The first-order valence-electron chi connectivity index (χ1n) is 6.45. The summed E-state index contributed by atoms with van der Waals surface area (Å²) in [5.74, 6) is -1.89. The van der Waals surface area contributed by atoms with Gasteiger partial charge in [0.25, 0.3) is 0 Å². The molecule has 0 fully saturated rings. The summed E-state index contributed by atoms with van der Waals surface area (Å²) < 4.78 is 40.0. The zero-order chi connectivity index (χ0) is 17.3. The Balaban J connectivity index is 5.72. The Bertz CT molecular complexity index is 547. The van der Waals surface area contributed by atoms with Gasteiger partial charge in [-0.2, -0.15) is 13.2 Å². The average Bonchev–Trinajstić information content (AvgIpc) is 2.46. The Morgan fingerprint density at radius 3 is 2.00 bits per heavy atom. The van der Waals surface area contributed by atoms with Gasteiger partial charge in [0.2, 0.25) is 0 Å². The maximum absolute atomic E-state index is 13.3. The third kappa shape index (κ3) is 6.35. The molecular formula is C17H21F3N2. The Kier molecular flexibility index (Phi) is 7.80. The van der Waals surface area contributed by atoms with Crippen LogP contribution in [0.25, 0.3) is 0 Å². The summed E-state index contributed by atoms with van der Waals surface area (Å²) in [4.78, 5) is 0. The summed E-state index contributed by atoms with van der Waals surface area (Å²) >= 11 is 0. The van der Waals surface area contributed by atoms with E-state index in [9.17, 15) is 13.2 Å². The molecule has 1 unspecified atom stereocenters. The van der Waals surface area contributed by atoms with Crippen molar-refractivity contribution in [2.75, 3.05) is 0 Å². The van der Waals surface area contributed by atoms with E-state index in [4.69, 9.17) is 11.5 Å². The third-order valence-electron chi connectivity index (χ3n) is 2.79. The van der Waals surface area contributed by atoms with Crippen molar-refractivity contribution in [2.45, 2.75) is 13.1 Å². The summed E-state index contributed by atoms with van der Waals surface area (Å²) in [6.45, 7) is 12.0. The zero-order valence-corrected chi connectivity index (χ0v) is 12.5. The van der Waals surface area contributed by atoms with Crippen molar-refractivity contribution in [1.29, 1.82) is 0 Å². The zero-order valence-electron chi connectivity index (χ0n) is 12.5. The second-order valence-electron chi connectivity index (χ2n) is 4.41. The number of halogens is 3. The first kappa shape index (κ1) is 19.6. The van der Waals surface area contributed by atoms with Crippen LogP contribution in [0.5, 0.6) is 0 Å². The van der Waals surface area contributed by atoms with Gasteiger partial charge in [-0.3, -0.25) is 0 Å². The molecular weight excluding hydrogens is 289 g/mol. The lowest BCUT2D eigenvalue weighted by molar-refractivity contribution is -0.152. The number of rotatable bonds is 7. The lowest BCUT2D eigenvalue weighted by atomic mass is 9.90.